The molecule has 0 saturated heterocycles. The van der Waals surface area contributed by atoms with Gasteiger partial charge in [-0.2, -0.15) is 0 Å². The molecule has 1 aromatic carbocycles. The van der Waals surface area contributed by atoms with Crippen molar-refractivity contribution in [2.75, 3.05) is 12.3 Å². The van der Waals surface area contributed by atoms with Crippen molar-refractivity contribution in [1.29, 1.82) is 0 Å². The average Bonchev–Trinajstić information content (AvgIpc) is 2.34. The smallest absolute Gasteiger partial charge is 0.0545 e. The van der Waals surface area contributed by atoms with Crippen LogP contribution in [0.25, 0.3) is 0 Å². The second-order valence-electron chi connectivity index (χ2n) is 4.10. The summed E-state index contributed by atoms with van der Waals surface area (Å²) in [6.07, 6.45) is 3.86. The summed E-state index contributed by atoms with van der Waals surface area (Å²) in [4.78, 5) is 1.21. The number of nitrogens with one attached hydrogen (secondary N) is 1. The number of unbranched alkanes of at least 4 members (excludes halogenated alkanes) is 2. The summed E-state index contributed by atoms with van der Waals surface area (Å²) in [5.41, 5.74) is 1.26. The van der Waals surface area contributed by atoms with Crippen LogP contribution in [0.1, 0.15) is 38.7 Å². The third kappa shape index (κ3) is 5.80. The summed E-state index contributed by atoms with van der Waals surface area (Å²) in [6.45, 7) is 6.23. The van der Waals surface area contributed by atoms with Crippen molar-refractivity contribution in [1.82, 2.24) is 5.32 Å². The molecule has 1 aromatic rings. The maximum absolute atomic E-state index is 6.27. The number of halogens is 1. The Hall–Kier alpha value is -0.180. The van der Waals surface area contributed by atoms with Crippen LogP contribution in [0, 0.1) is 0 Å². The highest BCUT2D eigenvalue weighted by molar-refractivity contribution is 7.99. The van der Waals surface area contributed by atoms with Gasteiger partial charge in [-0.3, -0.25) is 0 Å². The van der Waals surface area contributed by atoms with Gasteiger partial charge in [0.25, 0.3) is 0 Å². The Morgan fingerprint density at radius 2 is 2.06 bits per heavy atom. The molecule has 0 bridgehead atoms. The van der Waals surface area contributed by atoms with Crippen molar-refractivity contribution in [2.45, 2.75) is 44.6 Å². The third-order valence-electron chi connectivity index (χ3n) is 2.58. The minimum atomic E-state index is 0.891. The van der Waals surface area contributed by atoms with Gasteiger partial charge >= 0.3 is 0 Å². The van der Waals surface area contributed by atoms with Crippen molar-refractivity contribution < 1.29 is 0 Å². The van der Waals surface area contributed by atoms with Gasteiger partial charge in [-0.05, 0) is 36.4 Å². The average molecular weight is 272 g/mol. The molecular formula is C14H22ClNS. The molecule has 0 aromatic heterocycles. The largest absolute Gasteiger partial charge is 0.313 e. The molecule has 1 rings (SSSR count). The Morgan fingerprint density at radius 3 is 2.71 bits per heavy atom. The van der Waals surface area contributed by atoms with Crippen LogP contribution in [0.5, 0.6) is 0 Å². The van der Waals surface area contributed by atoms with Crippen molar-refractivity contribution in [3.63, 3.8) is 0 Å². The molecule has 0 spiro atoms. The highest BCUT2D eigenvalue weighted by Crippen LogP contribution is 2.28. The molecule has 0 fully saturated rings. The van der Waals surface area contributed by atoms with Gasteiger partial charge < -0.3 is 5.32 Å². The molecule has 0 aliphatic heterocycles. The fraction of sp³-hybridized carbons (Fsp3) is 0.571. The Balaban J connectivity index is 2.45. The number of rotatable bonds is 8. The maximum Gasteiger partial charge on any atom is 0.0545 e. The van der Waals surface area contributed by atoms with E-state index in [1.165, 1.54) is 35.5 Å². The molecule has 0 aliphatic carbocycles. The fourth-order valence-corrected chi connectivity index (χ4v) is 2.87. The van der Waals surface area contributed by atoms with E-state index in [0.717, 1.165) is 18.1 Å². The lowest BCUT2D eigenvalue weighted by Gasteiger charge is -2.07. The lowest BCUT2D eigenvalue weighted by Crippen LogP contribution is -2.11. The second-order valence-corrected chi connectivity index (χ2v) is 5.64. The van der Waals surface area contributed by atoms with Gasteiger partial charge in [0.2, 0.25) is 0 Å². The molecule has 0 heterocycles. The van der Waals surface area contributed by atoms with Gasteiger partial charge in [0, 0.05) is 11.4 Å². The second kappa shape index (κ2) is 8.84. The van der Waals surface area contributed by atoms with Gasteiger partial charge in [0.05, 0.1) is 5.02 Å². The molecular weight excluding hydrogens is 250 g/mol. The number of hydrogen-bond donors (Lipinski definition) is 1. The predicted octanol–water partition coefficient (Wildman–Crippen LogP) is 4.73. The van der Waals surface area contributed by atoms with Gasteiger partial charge in [0.1, 0.15) is 0 Å². The van der Waals surface area contributed by atoms with Crippen LogP contribution in [-0.2, 0) is 6.54 Å². The summed E-state index contributed by atoms with van der Waals surface area (Å²) in [5, 5.41) is 4.20. The fourth-order valence-electron chi connectivity index (χ4n) is 1.57. The Bertz CT molecular complexity index is 328. The zero-order chi connectivity index (χ0) is 12.5. The van der Waals surface area contributed by atoms with E-state index >= 15 is 0 Å². The normalized spacial score (nSPS) is 10.8. The molecule has 0 saturated carbocycles. The summed E-state index contributed by atoms with van der Waals surface area (Å²) < 4.78 is 0. The maximum atomic E-state index is 6.27. The molecule has 0 radical (unpaired) electrons. The van der Waals surface area contributed by atoms with E-state index in [2.05, 4.69) is 37.4 Å². The first kappa shape index (κ1) is 14.9. The number of benzene rings is 1. The highest BCUT2D eigenvalue weighted by Gasteiger charge is 2.02. The van der Waals surface area contributed by atoms with Crippen LogP contribution in [0.3, 0.4) is 0 Å². The minimum absolute atomic E-state index is 0.891. The van der Waals surface area contributed by atoms with E-state index in [4.69, 9.17) is 11.6 Å². The van der Waals surface area contributed by atoms with Crippen LogP contribution in [0.15, 0.2) is 23.1 Å². The Morgan fingerprint density at radius 1 is 1.24 bits per heavy atom. The van der Waals surface area contributed by atoms with Gasteiger partial charge in [-0.15, -0.1) is 11.8 Å². The monoisotopic (exact) mass is 271 g/mol. The lowest BCUT2D eigenvalue weighted by molar-refractivity contribution is 0.726. The molecule has 0 amide bonds. The van der Waals surface area contributed by atoms with Crippen LogP contribution in [0.2, 0.25) is 5.02 Å². The summed E-state index contributed by atoms with van der Waals surface area (Å²) >= 11 is 8.14. The molecule has 17 heavy (non-hydrogen) atoms. The van der Waals surface area contributed by atoms with E-state index < -0.39 is 0 Å². The summed E-state index contributed by atoms with van der Waals surface area (Å²) in [7, 11) is 0. The van der Waals surface area contributed by atoms with E-state index in [1.54, 1.807) is 0 Å². The van der Waals surface area contributed by atoms with Gasteiger partial charge in [-0.1, -0.05) is 44.4 Å². The van der Waals surface area contributed by atoms with Gasteiger partial charge in [0.15, 0.2) is 0 Å². The quantitative estimate of drug-likeness (QED) is 0.542. The first-order valence-corrected chi connectivity index (χ1v) is 7.76. The highest BCUT2D eigenvalue weighted by atomic mass is 35.5. The predicted molar refractivity (Wildman–Crippen MR) is 79.1 cm³/mol. The van der Waals surface area contributed by atoms with Crippen molar-refractivity contribution in [3.05, 3.63) is 28.8 Å². The third-order valence-corrected chi connectivity index (χ3v) is 4.17. The van der Waals surface area contributed by atoms with E-state index in [-0.39, 0.29) is 0 Å². The van der Waals surface area contributed by atoms with Crippen LogP contribution >= 0.6 is 23.4 Å². The first-order chi connectivity index (χ1) is 8.27. The topological polar surface area (TPSA) is 12.0 Å². The molecule has 0 unspecified atom stereocenters. The SMILES string of the molecule is CCCCCSc1ccc(CNCC)cc1Cl. The Kier molecular flexibility index (Phi) is 7.74. The zero-order valence-electron chi connectivity index (χ0n) is 10.8. The van der Waals surface area contributed by atoms with Crippen molar-refractivity contribution in [2.24, 2.45) is 0 Å². The molecule has 96 valence electrons. The van der Waals surface area contributed by atoms with Crippen molar-refractivity contribution in [3.8, 4) is 0 Å². The molecule has 3 heteroatoms. The summed E-state index contributed by atoms with van der Waals surface area (Å²) in [6, 6.07) is 6.38. The molecule has 0 atom stereocenters. The number of thioether (sulfide) groups is 1. The standard InChI is InChI=1S/C14H22ClNS/c1-3-5-6-9-17-14-8-7-12(10-13(14)15)11-16-4-2/h7-8,10,16H,3-6,9,11H2,1-2H3. The van der Waals surface area contributed by atoms with Crippen LogP contribution in [-0.4, -0.2) is 12.3 Å². The summed E-state index contributed by atoms with van der Waals surface area (Å²) in [5.74, 6) is 1.17. The zero-order valence-corrected chi connectivity index (χ0v) is 12.3. The van der Waals surface area contributed by atoms with E-state index in [9.17, 15) is 0 Å². The van der Waals surface area contributed by atoms with Crippen molar-refractivity contribution >= 4 is 23.4 Å². The number of hydrogen-bond acceptors (Lipinski definition) is 2. The minimum Gasteiger partial charge on any atom is -0.313 e. The first-order valence-electron chi connectivity index (χ1n) is 6.39. The lowest BCUT2D eigenvalue weighted by atomic mass is 10.2. The molecule has 1 N–H and O–H groups in total. The molecule has 1 nitrogen and oxygen atoms in total. The van der Waals surface area contributed by atoms with Crippen LogP contribution < -0.4 is 5.32 Å². The molecule has 0 aliphatic rings. The van der Waals surface area contributed by atoms with E-state index in [0.29, 0.717) is 0 Å². The van der Waals surface area contributed by atoms with Crippen LogP contribution in [0.4, 0.5) is 0 Å². The Labute approximate surface area is 114 Å². The van der Waals surface area contributed by atoms with Gasteiger partial charge in [-0.25, -0.2) is 0 Å². The van der Waals surface area contributed by atoms with E-state index in [1.807, 2.05) is 11.8 Å².